The van der Waals surface area contributed by atoms with Crippen LogP contribution >= 0.6 is 23.5 Å². The molecule has 1 aliphatic heterocycles. The van der Waals surface area contributed by atoms with Crippen molar-refractivity contribution >= 4 is 23.5 Å². The summed E-state index contributed by atoms with van der Waals surface area (Å²) in [5, 5.41) is 4.43. The molecular weight excluding hydrogens is 302 g/mol. The maximum absolute atomic E-state index is 5.05. The van der Waals surface area contributed by atoms with Gasteiger partial charge in [-0.2, -0.15) is 11.8 Å². The Kier molecular flexibility index (Phi) is 7.29. The fourth-order valence-electron chi connectivity index (χ4n) is 2.41. The number of aryl methyl sites for hydroxylation is 1. The van der Waals surface area contributed by atoms with Crippen LogP contribution < -0.4 is 5.32 Å². The molecule has 0 aliphatic carbocycles. The van der Waals surface area contributed by atoms with Gasteiger partial charge in [0.05, 0.1) is 17.6 Å². The Morgan fingerprint density at radius 1 is 1.33 bits per heavy atom. The summed E-state index contributed by atoms with van der Waals surface area (Å²) in [5.74, 6) is 3.46. The molecule has 4 nitrogen and oxygen atoms in total. The molecule has 1 fully saturated rings. The van der Waals surface area contributed by atoms with Crippen LogP contribution in [-0.2, 0) is 11.3 Å². The Balaban J connectivity index is 2.06. The Bertz CT molecular complexity index is 445. The van der Waals surface area contributed by atoms with E-state index in [0.29, 0.717) is 10.5 Å². The molecule has 118 valence electrons. The normalized spacial score (nSPS) is 22.4. The highest BCUT2D eigenvalue weighted by molar-refractivity contribution is 8.06. The van der Waals surface area contributed by atoms with Crippen LogP contribution in [-0.4, -0.2) is 47.0 Å². The van der Waals surface area contributed by atoms with E-state index in [4.69, 9.17) is 14.7 Å². The number of hydrogen-bond acceptors (Lipinski definition) is 6. The van der Waals surface area contributed by atoms with Crippen LogP contribution in [0.1, 0.15) is 35.8 Å². The molecule has 2 atom stereocenters. The Labute approximate surface area is 136 Å². The molecule has 0 spiro atoms. The number of ether oxygens (including phenoxy) is 1. The smallest absolute Gasteiger partial charge is 0.142 e. The van der Waals surface area contributed by atoms with Gasteiger partial charge in [-0.05, 0) is 19.4 Å². The lowest BCUT2D eigenvalue weighted by molar-refractivity contribution is 0.199. The first kappa shape index (κ1) is 17.1. The van der Waals surface area contributed by atoms with Crippen molar-refractivity contribution in [1.29, 1.82) is 0 Å². The molecule has 1 aromatic heterocycles. The third-order valence-corrected chi connectivity index (χ3v) is 6.66. The van der Waals surface area contributed by atoms with Crippen LogP contribution in [0.25, 0.3) is 0 Å². The number of rotatable bonds is 7. The van der Waals surface area contributed by atoms with E-state index in [9.17, 15) is 0 Å². The molecule has 2 heterocycles. The molecule has 0 aromatic carbocycles. The lowest BCUT2D eigenvalue weighted by Crippen LogP contribution is -2.23. The van der Waals surface area contributed by atoms with Crippen LogP contribution in [0, 0.1) is 6.92 Å². The fourth-order valence-corrected chi connectivity index (χ4v) is 5.40. The maximum Gasteiger partial charge on any atom is 0.142 e. The van der Waals surface area contributed by atoms with Crippen molar-refractivity contribution in [2.75, 3.05) is 31.8 Å². The highest BCUT2D eigenvalue weighted by atomic mass is 32.2. The summed E-state index contributed by atoms with van der Waals surface area (Å²) < 4.78 is 5.05. The monoisotopic (exact) mass is 327 g/mol. The highest BCUT2D eigenvalue weighted by Gasteiger charge is 2.28. The average molecular weight is 328 g/mol. The second-order valence-corrected chi connectivity index (χ2v) is 7.73. The van der Waals surface area contributed by atoms with Gasteiger partial charge < -0.3 is 10.1 Å². The van der Waals surface area contributed by atoms with E-state index in [1.807, 2.05) is 11.8 Å². The van der Waals surface area contributed by atoms with Gasteiger partial charge in [0.2, 0.25) is 0 Å². The largest absolute Gasteiger partial charge is 0.383 e. The minimum atomic E-state index is 0.436. The molecule has 0 saturated carbocycles. The van der Waals surface area contributed by atoms with E-state index < -0.39 is 0 Å². The quantitative estimate of drug-likeness (QED) is 0.777. The average Bonchev–Trinajstić information content (AvgIpc) is 2.51. The Morgan fingerprint density at radius 3 is 2.90 bits per heavy atom. The van der Waals surface area contributed by atoms with E-state index in [1.165, 1.54) is 17.9 Å². The molecular formula is C15H25N3OS2. The van der Waals surface area contributed by atoms with E-state index in [2.05, 4.69) is 37.0 Å². The minimum absolute atomic E-state index is 0.436. The maximum atomic E-state index is 5.05. The summed E-state index contributed by atoms with van der Waals surface area (Å²) in [7, 11) is 1.72. The van der Waals surface area contributed by atoms with E-state index >= 15 is 0 Å². The van der Waals surface area contributed by atoms with E-state index in [-0.39, 0.29) is 0 Å². The number of methoxy groups -OCH3 is 1. The molecule has 0 amide bonds. The molecule has 0 radical (unpaired) electrons. The summed E-state index contributed by atoms with van der Waals surface area (Å²) >= 11 is 4.08. The van der Waals surface area contributed by atoms with Gasteiger partial charge in [0.1, 0.15) is 5.82 Å². The number of thioether (sulfide) groups is 2. The number of aromatic nitrogens is 2. The van der Waals surface area contributed by atoms with Crippen LogP contribution in [0.4, 0.5) is 0 Å². The standard InChI is InChI=1S/C15H25N3OS2/c1-4-13-14(21-8-7-20-13)15-17-11(2)9-12(18-15)10-16-5-6-19-3/h9,13-14,16H,4-8,10H2,1-3H3. The molecule has 1 aromatic rings. The first-order valence-corrected chi connectivity index (χ1v) is 9.61. The molecule has 6 heteroatoms. The van der Waals surface area contributed by atoms with Crippen LogP contribution in [0.15, 0.2) is 6.07 Å². The number of hydrogen-bond donors (Lipinski definition) is 1. The molecule has 1 N–H and O–H groups in total. The molecule has 2 rings (SSSR count). The van der Waals surface area contributed by atoms with Crippen LogP contribution in [0.2, 0.25) is 0 Å². The lowest BCUT2D eigenvalue weighted by atomic mass is 10.2. The van der Waals surface area contributed by atoms with Crippen molar-refractivity contribution in [3.63, 3.8) is 0 Å². The van der Waals surface area contributed by atoms with Crippen LogP contribution in [0.5, 0.6) is 0 Å². The minimum Gasteiger partial charge on any atom is -0.383 e. The summed E-state index contributed by atoms with van der Waals surface area (Å²) in [6.07, 6.45) is 1.18. The van der Waals surface area contributed by atoms with Crippen molar-refractivity contribution in [3.8, 4) is 0 Å². The number of nitrogens with zero attached hydrogens (tertiary/aromatic N) is 2. The van der Waals surface area contributed by atoms with Crippen LogP contribution in [0.3, 0.4) is 0 Å². The first-order chi connectivity index (χ1) is 10.2. The summed E-state index contributed by atoms with van der Waals surface area (Å²) in [6, 6.07) is 2.07. The zero-order chi connectivity index (χ0) is 15.1. The van der Waals surface area contributed by atoms with Crippen molar-refractivity contribution in [2.24, 2.45) is 0 Å². The van der Waals surface area contributed by atoms with Gasteiger partial charge in [0, 0.05) is 42.6 Å². The van der Waals surface area contributed by atoms with Crippen molar-refractivity contribution in [2.45, 2.75) is 37.3 Å². The van der Waals surface area contributed by atoms with Gasteiger partial charge in [-0.25, -0.2) is 9.97 Å². The number of nitrogens with one attached hydrogen (secondary N) is 1. The summed E-state index contributed by atoms with van der Waals surface area (Å²) in [6.45, 7) is 6.68. The zero-order valence-electron chi connectivity index (χ0n) is 13.1. The fraction of sp³-hybridized carbons (Fsp3) is 0.733. The molecule has 1 saturated heterocycles. The van der Waals surface area contributed by atoms with Gasteiger partial charge in [-0.1, -0.05) is 6.92 Å². The summed E-state index contributed by atoms with van der Waals surface area (Å²) in [5.41, 5.74) is 2.15. The SMILES string of the molecule is CCC1SCCSC1c1nc(C)cc(CNCCOC)n1. The lowest BCUT2D eigenvalue weighted by Gasteiger charge is -2.29. The topological polar surface area (TPSA) is 47.0 Å². The third kappa shape index (κ3) is 5.13. The Hall–Kier alpha value is -0.300. The van der Waals surface area contributed by atoms with Gasteiger partial charge in [0.15, 0.2) is 0 Å². The third-order valence-electron chi connectivity index (χ3n) is 3.42. The second-order valence-electron chi connectivity index (χ2n) is 5.14. The Morgan fingerprint density at radius 2 is 2.14 bits per heavy atom. The molecule has 2 unspecified atom stereocenters. The van der Waals surface area contributed by atoms with Gasteiger partial charge in [-0.3, -0.25) is 0 Å². The predicted octanol–water partition coefficient (Wildman–Crippen LogP) is 2.82. The van der Waals surface area contributed by atoms with Crippen molar-refractivity contribution in [1.82, 2.24) is 15.3 Å². The first-order valence-electron chi connectivity index (χ1n) is 7.52. The van der Waals surface area contributed by atoms with Gasteiger partial charge in [-0.15, -0.1) is 11.8 Å². The summed E-state index contributed by atoms with van der Waals surface area (Å²) in [4.78, 5) is 9.51. The molecule has 21 heavy (non-hydrogen) atoms. The van der Waals surface area contributed by atoms with Gasteiger partial charge in [0.25, 0.3) is 0 Å². The second kappa shape index (κ2) is 8.98. The molecule has 0 bridgehead atoms. The van der Waals surface area contributed by atoms with Crippen molar-refractivity contribution < 1.29 is 4.74 Å². The zero-order valence-corrected chi connectivity index (χ0v) is 14.7. The van der Waals surface area contributed by atoms with Crippen molar-refractivity contribution in [3.05, 3.63) is 23.3 Å². The van der Waals surface area contributed by atoms with Gasteiger partial charge >= 0.3 is 0 Å². The van der Waals surface area contributed by atoms with E-state index in [0.717, 1.165) is 36.9 Å². The molecule has 1 aliphatic rings. The highest BCUT2D eigenvalue weighted by Crippen LogP contribution is 2.42. The van der Waals surface area contributed by atoms with E-state index in [1.54, 1.807) is 7.11 Å². The predicted molar refractivity (Wildman–Crippen MR) is 92.1 cm³/mol.